The van der Waals surface area contributed by atoms with E-state index in [0.29, 0.717) is 18.9 Å². The quantitative estimate of drug-likeness (QED) is 0.288. The summed E-state index contributed by atoms with van der Waals surface area (Å²) in [5.41, 5.74) is 7.16. The van der Waals surface area contributed by atoms with Gasteiger partial charge in [0.15, 0.2) is 5.96 Å². The van der Waals surface area contributed by atoms with Gasteiger partial charge >= 0.3 is 0 Å². The lowest BCUT2D eigenvalue weighted by Gasteiger charge is -2.08. The van der Waals surface area contributed by atoms with E-state index in [1.807, 2.05) is 31.2 Å². The summed E-state index contributed by atoms with van der Waals surface area (Å²) in [5.74, 6) is 0.328. The standard InChI is InChI=1S/C11H17N5/c1-8-2-4-9(5-3-8)10(12)15-6-7-16-11(13)14/h2-5H,6-7H2,1H3,(H2,12,15)(H4,13,14,16). The number of amidine groups is 1. The van der Waals surface area contributed by atoms with Gasteiger partial charge in [0.1, 0.15) is 5.84 Å². The summed E-state index contributed by atoms with van der Waals surface area (Å²) in [6.07, 6.45) is 0. The fourth-order valence-electron chi connectivity index (χ4n) is 1.21. The van der Waals surface area contributed by atoms with Gasteiger partial charge in [-0.25, -0.2) is 0 Å². The minimum absolute atomic E-state index is 0.0522. The molecule has 0 saturated heterocycles. The Balaban J connectivity index is 2.35. The summed E-state index contributed by atoms with van der Waals surface area (Å²) in [7, 11) is 0. The van der Waals surface area contributed by atoms with Gasteiger partial charge in [0.25, 0.3) is 0 Å². The number of hydrogen-bond donors (Lipinski definition) is 5. The first-order valence-corrected chi connectivity index (χ1v) is 5.07. The first kappa shape index (κ1) is 12.0. The molecule has 0 aliphatic heterocycles. The van der Waals surface area contributed by atoms with Crippen LogP contribution in [0, 0.1) is 17.7 Å². The van der Waals surface area contributed by atoms with Crippen molar-refractivity contribution in [3.8, 4) is 0 Å². The van der Waals surface area contributed by atoms with E-state index in [1.54, 1.807) is 0 Å². The normalized spacial score (nSPS) is 9.56. The molecule has 0 aliphatic carbocycles. The second-order valence-corrected chi connectivity index (χ2v) is 3.51. The Kier molecular flexibility index (Phi) is 4.32. The maximum Gasteiger partial charge on any atom is 0.185 e. The van der Waals surface area contributed by atoms with Gasteiger partial charge < -0.3 is 16.4 Å². The van der Waals surface area contributed by atoms with Gasteiger partial charge in [-0.3, -0.25) is 10.8 Å². The molecule has 1 aromatic carbocycles. The van der Waals surface area contributed by atoms with Gasteiger partial charge in [-0.2, -0.15) is 0 Å². The second-order valence-electron chi connectivity index (χ2n) is 3.51. The minimum Gasteiger partial charge on any atom is -0.370 e. The molecule has 0 radical (unpaired) electrons. The number of rotatable bonds is 4. The minimum atomic E-state index is -0.0522. The Morgan fingerprint density at radius 1 is 1.12 bits per heavy atom. The Hall–Kier alpha value is -2.04. The molecule has 0 amide bonds. The highest BCUT2D eigenvalue weighted by molar-refractivity contribution is 5.96. The highest BCUT2D eigenvalue weighted by Crippen LogP contribution is 2.02. The lowest BCUT2D eigenvalue weighted by Crippen LogP contribution is -2.37. The Bertz CT molecular complexity index is 368. The van der Waals surface area contributed by atoms with Crippen molar-refractivity contribution in [1.29, 1.82) is 10.8 Å². The number of guanidine groups is 1. The largest absolute Gasteiger partial charge is 0.370 e. The number of nitrogens with one attached hydrogen (secondary N) is 4. The van der Waals surface area contributed by atoms with E-state index in [-0.39, 0.29) is 5.96 Å². The number of nitrogens with two attached hydrogens (primary N) is 1. The molecule has 0 heterocycles. The third kappa shape index (κ3) is 4.00. The van der Waals surface area contributed by atoms with Crippen molar-refractivity contribution in [2.24, 2.45) is 5.73 Å². The molecule has 1 rings (SSSR count). The Morgan fingerprint density at radius 2 is 1.69 bits per heavy atom. The van der Waals surface area contributed by atoms with Gasteiger partial charge in [0, 0.05) is 18.7 Å². The highest BCUT2D eigenvalue weighted by atomic mass is 15.1. The molecule has 0 bridgehead atoms. The van der Waals surface area contributed by atoms with Crippen molar-refractivity contribution >= 4 is 11.8 Å². The zero-order valence-electron chi connectivity index (χ0n) is 9.30. The average Bonchev–Trinajstić information content (AvgIpc) is 2.25. The van der Waals surface area contributed by atoms with E-state index >= 15 is 0 Å². The van der Waals surface area contributed by atoms with Crippen LogP contribution in [0.4, 0.5) is 0 Å². The lowest BCUT2D eigenvalue weighted by molar-refractivity contribution is 0.801. The van der Waals surface area contributed by atoms with Crippen LogP contribution in [0.15, 0.2) is 24.3 Å². The molecule has 5 nitrogen and oxygen atoms in total. The summed E-state index contributed by atoms with van der Waals surface area (Å²) in [6, 6.07) is 7.75. The molecule has 0 unspecified atom stereocenters. The maximum atomic E-state index is 7.76. The molecule has 1 aromatic rings. The molecule has 6 N–H and O–H groups in total. The molecular formula is C11H17N5. The zero-order valence-corrected chi connectivity index (χ0v) is 9.30. The van der Waals surface area contributed by atoms with Crippen LogP contribution in [0.2, 0.25) is 0 Å². The van der Waals surface area contributed by atoms with Crippen LogP contribution in [-0.2, 0) is 0 Å². The molecule has 0 atom stereocenters. The van der Waals surface area contributed by atoms with Crippen LogP contribution in [0.3, 0.4) is 0 Å². The number of aryl methyl sites for hydroxylation is 1. The third-order valence-corrected chi connectivity index (χ3v) is 2.08. The van der Waals surface area contributed by atoms with Crippen molar-refractivity contribution in [2.75, 3.05) is 13.1 Å². The summed E-state index contributed by atoms with van der Waals surface area (Å²) in [5, 5.41) is 20.3. The Labute approximate surface area is 95.1 Å². The summed E-state index contributed by atoms with van der Waals surface area (Å²) in [4.78, 5) is 0. The summed E-state index contributed by atoms with van der Waals surface area (Å²) < 4.78 is 0. The third-order valence-electron chi connectivity index (χ3n) is 2.08. The fraction of sp³-hybridized carbons (Fsp3) is 0.273. The molecule has 0 aliphatic rings. The maximum absolute atomic E-state index is 7.76. The van der Waals surface area contributed by atoms with Crippen LogP contribution in [-0.4, -0.2) is 24.9 Å². The second kappa shape index (κ2) is 5.75. The van der Waals surface area contributed by atoms with Crippen molar-refractivity contribution in [3.05, 3.63) is 35.4 Å². The summed E-state index contributed by atoms with van der Waals surface area (Å²) >= 11 is 0. The number of benzene rings is 1. The van der Waals surface area contributed by atoms with Gasteiger partial charge in [0.05, 0.1) is 0 Å². The van der Waals surface area contributed by atoms with E-state index < -0.39 is 0 Å². The van der Waals surface area contributed by atoms with Crippen LogP contribution >= 0.6 is 0 Å². The van der Waals surface area contributed by atoms with Crippen LogP contribution in [0.1, 0.15) is 11.1 Å². The van der Waals surface area contributed by atoms with Crippen molar-refractivity contribution in [2.45, 2.75) is 6.92 Å². The van der Waals surface area contributed by atoms with E-state index in [0.717, 1.165) is 5.56 Å². The first-order chi connectivity index (χ1) is 7.59. The predicted molar refractivity (Wildman–Crippen MR) is 65.9 cm³/mol. The van der Waals surface area contributed by atoms with E-state index in [1.165, 1.54) is 5.56 Å². The predicted octanol–water partition coefficient (Wildman–Crippen LogP) is 0.393. The van der Waals surface area contributed by atoms with E-state index in [9.17, 15) is 0 Å². The van der Waals surface area contributed by atoms with Gasteiger partial charge in [0.2, 0.25) is 0 Å². The molecule has 86 valence electrons. The fourth-order valence-corrected chi connectivity index (χ4v) is 1.21. The van der Waals surface area contributed by atoms with Crippen molar-refractivity contribution in [3.63, 3.8) is 0 Å². The average molecular weight is 219 g/mol. The van der Waals surface area contributed by atoms with Crippen LogP contribution in [0.5, 0.6) is 0 Å². The Morgan fingerprint density at radius 3 is 2.25 bits per heavy atom. The van der Waals surface area contributed by atoms with E-state index in [2.05, 4.69) is 10.6 Å². The molecule has 5 heteroatoms. The molecule has 16 heavy (non-hydrogen) atoms. The summed E-state index contributed by atoms with van der Waals surface area (Å²) in [6.45, 7) is 3.10. The van der Waals surface area contributed by atoms with Crippen molar-refractivity contribution < 1.29 is 0 Å². The smallest absolute Gasteiger partial charge is 0.185 e. The zero-order chi connectivity index (χ0) is 12.0. The van der Waals surface area contributed by atoms with Gasteiger partial charge in [-0.1, -0.05) is 29.8 Å². The molecular weight excluding hydrogens is 202 g/mol. The topological polar surface area (TPSA) is 97.8 Å². The first-order valence-electron chi connectivity index (χ1n) is 5.07. The lowest BCUT2D eigenvalue weighted by atomic mass is 10.1. The SMILES string of the molecule is Cc1ccc(C(=N)NCCNC(=N)N)cc1. The molecule has 0 spiro atoms. The molecule has 0 aromatic heterocycles. The molecule has 0 saturated carbocycles. The van der Waals surface area contributed by atoms with Crippen LogP contribution < -0.4 is 16.4 Å². The van der Waals surface area contributed by atoms with Gasteiger partial charge in [-0.15, -0.1) is 0 Å². The highest BCUT2D eigenvalue weighted by Gasteiger charge is 1.99. The van der Waals surface area contributed by atoms with Crippen molar-refractivity contribution in [1.82, 2.24) is 10.6 Å². The number of hydrogen-bond acceptors (Lipinski definition) is 2. The van der Waals surface area contributed by atoms with Gasteiger partial charge in [-0.05, 0) is 6.92 Å². The monoisotopic (exact) mass is 219 g/mol. The van der Waals surface area contributed by atoms with Crippen LogP contribution in [0.25, 0.3) is 0 Å². The van der Waals surface area contributed by atoms with E-state index in [4.69, 9.17) is 16.6 Å². The molecule has 0 fully saturated rings.